The van der Waals surface area contributed by atoms with Crippen molar-refractivity contribution in [3.8, 4) is 0 Å². The third-order valence-corrected chi connectivity index (χ3v) is 5.73. The van der Waals surface area contributed by atoms with E-state index in [0.717, 1.165) is 29.3 Å². The number of fused-ring (bicyclic) bond motifs is 1. The van der Waals surface area contributed by atoms with Gasteiger partial charge in [-0.1, -0.05) is 38.1 Å². The van der Waals surface area contributed by atoms with Gasteiger partial charge in [0.1, 0.15) is 5.69 Å². The fraction of sp³-hybridized carbons (Fsp3) is 0.391. The van der Waals surface area contributed by atoms with Crippen LogP contribution in [-0.2, 0) is 6.54 Å². The highest BCUT2D eigenvalue weighted by molar-refractivity contribution is 6.05. The lowest BCUT2D eigenvalue weighted by Gasteiger charge is -2.32. The molecule has 0 bridgehead atoms. The number of likely N-dealkylation sites (tertiary alicyclic amines) is 1. The first-order chi connectivity index (χ1) is 14.0. The summed E-state index contributed by atoms with van der Waals surface area (Å²) >= 11 is 0. The van der Waals surface area contributed by atoms with Crippen LogP contribution in [0.3, 0.4) is 0 Å². The molecule has 2 aromatic heterocycles. The molecule has 0 N–H and O–H groups in total. The van der Waals surface area contributed by atoms with Crippen LogP contribution in [-0.4, -0.2) is 38.4 Å². The Morgan fingerprint density at radius 1 is 1.14 bits per heavy atom. The van der Waals surface area contributed by atoms with Crippen LogP contribution in [0.2, 0.25) is 0 Å². The molecule has 1 saturated heterocycles. The Kier molecular flexibility index (Phi) is 5.43. The number of amides is 1. The van der Waals surface area contributed by atoms with Crippen molar-refractivity contribution in [2.45, 2.75) is 39.2 Å². The van der Waals surface area contributed by atoms with Crippen molar-refractivity contribution in [2.75, 3.05) is 13.1 Å². The third-order valence-electron chi connectivity index (χ3n) is 5.73. The number of carbonyl (C=O) groups excluding carboxylic acids is 1. The van der Waals surface area contributed by atoms with E-state index in [1.54, 1.807) is 23.2 Å². The van der Waals surface area contributed by atoms with Gasteiger partial charge in [-0.05, 0) is 36.1 Å². The van der Waals surface area contributed by atoms with Crippen LogP contribution in [0, 0.1) is 5.92 Å². The lowest BCUT2D eigenvalue weighted by molar-refractivity contribution is 0.0678. The van der Waals surface area contributed by atoms with Gasteiger partial charge >= 0.3 is 0 Å². The summed E-state index contributed by atoms with van der Waals surface area (Å²) in [5.74, 6) is 0.596. The molecule has 6 nitrogen and oxygen atoms in total. The van der Waals surface area contributed by atoms with Crippen LogP contribution in [0.15, 0.2) is 53.7 Å². The molecule has 0 spiro atoms. The van der Waals surface area contributed by atoms with Gasteiger partial charge in [-0.15, -0.1) is 0 Å². The molecule has 1 aromatic carbocycles. The van der Waals surface area contributed by atoms with Gasteiger partial charge in [0.2, 0.25) is 0 Å². The number of piperidine rings is 1. The average Bonchev–Trinajstić information content (AvgIpc) is 2.74. The van der Waals surface area contributed by atoms with Crippen LogP contribution in [0.1, 0.15) is 48.8 Å². The molecule has 6 heteroatoms. The van der Waals surface area contributed by atoms with Crippen LogP contribution >= 0.6 is 0 Å². The summed E-state index contributed by atoms with van der Waals surface area (Å²) in [5, 5.41) is 1.92. The maximum atomic E-state index is 13.0. The van der Waals surface area contributed by atoms with E-state index < -0.39 is 0 Å². The molecule has 1 fully saturated rings. The highest BCUT2D eigenvalue weighted by Gasteiger charge is 2.25. The summed E-state index contributed by atoms with van der Waals surface area (Å²) in [4.78, 5) is 36.0. The smallest absolute Gasteiger partial charge is 0.273 e. The van der Waals surface area contributed by atoms with Gasteiger partial charge < -0.3 is 4.90 Å². The number of nitrogens with zero attached hydrogens (tertiary/aromatic N) is 4. The monoisotopic (exact) mass is 390 g/mol. The van der Waals surface area contributed by atoms with E-state index in [1.807, 2.05) is 49.1 Å². The van der Waals surface area contributed by atoms with Crippen molar-refractivity contribution < 1.29 is 4.79 Å². The van der Waals surface area contributed by atoms with Crippen LogP contribution < -0.4 is 5.56 Å². The lowest BCUT2D eigenvalue weighted by atomic mass is 9.96. The molecule has 0 atom stereocenters. The minimum Gasteiger partial charge on any atom is -0.337 e. The Morgan fingerprint density at radius 2 is 1.90 bits per heavy atom. The summed E-state index contributed by atoms with van der Waals surface area (Å²) in [5.41, 5.74) is 1.35. The molecule has 1 amide bonds. The van der Waals surface area contributed by atoms with Gasteiger partial charge in [0.25, 0.3) is 11.5 Å². The van der Waals surface area contributed by atoms with E-state index in [9.17, 15) is 9.59 Å². The molecule has 4 rings (SSSR count). The molecular weight excluding hydrogens is 364 g/mol. The molecule has 29 heavy (non-hydrogen) atoms. The van der Waals surface area contributed by atoms with Crippen molar-refractivity contribution in [1.82, 2.24) is 19.4 Å². The van der Waals surface area contributed by atoms with Crippen LogP contribution in [0.25, 0.3) is 10.8 Å². The first kappa shape index (κ1) is 19.3. The van der Waals surface area contributed by atoms with E-state index >= 15 is 0 Å². The number of hydrogen-bond donors (Lipinski definition) is 0. The maximum Gasteiger partial charge on any atom is 0.273 e. The SMILES string of the molecule is CC(C)c1cc(=O)n(CC2CCN(C(=O)c3nccc4ccccc34)CC2)cn1. The Morgan fingerprint density at radius 3 is 2.62 bits per heavy atom. The molecule has 0 saturated carbocycles. The zero-order valence-electron chi connectivity index (χ0n) is 16.9. The second kappa shape index (κ2) is 8.15. The summed E-state index contributed by atoms with van der Waals surface area (Å²) < 4.78 is 1.69. The standard InChI is InChI=1S/C23H26N4O2/c1-16(2)20-13-21(28)27(15-25-20)14-17-8-11-26(12-9-17)23(29)22-19-6-4-3-5-18(19)7-10-24-22/h3-7,10,13,15-17H,8-9,11-12,14H2,1-2H3. The van der Waals surface area contributed by atoms with E-state index in [2.05, 4.69) is 9.97 Å². The van der Waals surface area contributed by atoms with Gasteiger partial charge in [-0.25, -0.2) is 4.98 Å². The number of carbonyl (C=O) groups is 1. The Bertz CT molecular complexity index is 1080. The summed E-state index contributed by atoms with van der Waals surface area (Å²) in [6.45, 7) is 6.08. The minimum atomic E-state index is -0.0135. The van der Waals surface area contributed by atoms with E-state index in [4.69, 9.17) is 0 Å². The van der Waals surface area contributed by atoms with Gasteiger partial charge in [0.05, 0.1) is 12.0 Å². The lowest BCUT2D eigenvalue weighted by Crippen LogP contribution is -2.40. The number of pyridine rings is 1. The van der Waals surface area contributed by atoms with Crippen molar-refractivity contribution in [3.63, 3.8) is 0 Å². The van der Waals surface area contributed by atoms with Crippen molar-refractivity contribution >= 4 is 16.7 Å². The molecular formula is C23H26N4O2. The summed E-state index contributed by atoms with van der Waals surface area (Å²) in [6.07, 6.45) is 5.10. The second-order valence-corrected chi connectivity index (χ2v) is 8.08. The fourth-order valence-electron chi connectivity index (χ4n) is 3.93. The number of hydrogen-bond acceptors (Lipinski definition) is 4. The number of rotatable bonds is 4. The van der Waals surface area contributed by atoms with Crippen molar-refractivity contribution in [2.24, 2.45) is 5.92 Å². The summed E-state index contributed by atoms with van der Waals surface area (Å²) in [6, 6.07) is 11.4. The Labute approximate surface area is 170 Å². The van der Waals surface area contributed by atoms with E-state index in [1.165, 1.54) is 0 Å². The average molecular weight is 390 g/mol. The van der Waals surface area contributed by atoms with Gasteiger partial charge in [0, 0.05) is 37.3 Å². The molecule has 1 aliphatic heterocycles. The largest absolute Gasteiger partial charge is 0.337 e. The highest BCUT2D eigenvalue weighted by atomic mass is 16.2. The quantitative estimate of drug-likeness (QED) is 0.684. The molecule has 150 valence electrons. The molecule has 0 unspecified atom stereocenters. The van der Waals surface area contributed by atoms with E-state index in [-0.39, 0.29) is 17.4 Å². The first-order valence-corrected chi connectivity index (χ1v) is 10.2. The zero-order chi connectivity index (χ0) is 20.4. The molecule has 3 heterocycles. The molecule has 0 aliphatic carbocycles. The predicted octanol–water partition coefficient (Wildman–Crippen LogP) is 3.47. The first-order valence-electron chi connectivity index (χ1n) is 10.2. The zero-order valence-corrected chi connectivity index (χ0v) is 16.9. The Balaban J connectivity index is 1.42. The Hall–Kier alpha value is -3.02. The molecule has 3 aromatic rings. The normalized spacial score (nSPS) is 15.2. The van der Waals surface area contributed by atoms with E-state index in [0.29, 0.717) is 31.2 Å². The van der Waals surface area contributed by atoms with Gasteiger partial charge in [-0.3, -0.25) is 19.1 Å². The molecule has 0 radical (unpaired) electrons. The number of benzene rings is 1. The minimum absolute atomic E-state index is 0.00200. The van der Waals surface area contributed by atoms with Gasteiger partial charge in [-0.2, -0.15) is 0 Å². The van der Waals surface area contributed by atoms with Crippen LogP contribution in [0.4, 0.5) is 0 Å². The number of aromatic nitrogens is 3. The highest BCUT2D eigenvalue weighted by Crippen LogP contribution is 2.23. The van der Waals surface area contributed by atoms with Gasteiger partial charge in [0.15, 0.2) is 0 Å². The van der Waals surface area contributed by atoms with Crippen molar-refractivity contribution in [1.29, 1.82) is 0 Å². The van der Waals surface area contributed by atoms with Crippen LogP contribution in [0.5, 0.6) is 0 Å². The predicted molar refractivity (Wildman–Crippen MR) is 113 cm³/mol. The third kappa shape index (κ3) is 4.06. The second-order valence-electron chi connectivity index (χ2n) is 8.08. The summed E-state index contributed by atoms with van der Waals surface area (Å²) in [7, 11) is 0. The molecule has 1 aliphatic rings. The maximum absolute atomic E-state index is 13.0. The topological polar surface area (TPSA) is 68.1 Å². The van der Waals surface area contributed by atoms with Crippen molar-refractivity contribution in [3.05, 3.63) is 70.7 Å². The fourth-order valence-corrected chi connectivity index (χ4v) is 3.93.